The molecular weight excluding hydrogens is 360 g/mol. The summed E-state index contributed by atoms with van der Waals surface area (Å²) in [4.78, 5) is 26.1. The first-order chi connectivity index (χ1) is 13.5. The molecule has 0 N–H and O–H groups in total. The third-order valence-corrected chi connectivity index (χ3v) is 7.19. The van der Waals surface area contributed by atoms with Crippen molar-refractivity contribution in [2.24, 2.45) is 17.8 Å². The standard InChI is InChI=1S/C22H28O6/c1-14-18-9-8-17(20(24)26-3)19(23)21(18,10-11-22(14)27-12-13-28-22)15-4-6-16(25-2)7-5-15/h4-7,14,17-18H,8-13H2,1-3H3/t14-,17?,18-,21+/m0/s1. The summed E-state index contributed by atoms with van der Waals surface area (Å²) in [6.07, 6.45) is 2.50. The van der Waals surface area contributed by atoms with Crippen molar-refractivity contribution in [2.45, 2.75) is 43.8 Å². The van der Waals surface area contributed by atoms with E-state index in [1.54, 1.807) is 7.11 Å². The number of methoxy groups -OCH3 is 2. The number of ether oxygens (including phenoxy) is 4. The molecule has 3 aliphatic rings. The number of carbonyl (C=O) groups excluding carboxylic acids is 2. The van der Waals surface area contributed by atoms with Crippen molar-refractivity contribution in [3.05, 3.63) is 29.8 Å². The van der Waals surface area contributed by atoms with Gasteiger partial charge in [0.15, 0.2) is 11.6 Å². The lowest BCUT2D eigenvalue weighted by Crippen LogP contribution is -2.61. The van der Waals surface area contributed by atoms with E-state index in [0.29, 0.717) is 32.5 Å². The lowest BCUT2D eigenvalue weighted by Gasteiger charge is -2.55. The molecule has 0 bridgehead atoms. The molecule has 0 aromatic heterocycles. The van der Waals surface area contributed by atoms with E-state index in [9.17, 15) is 9.59 Å². The van der Waals surface area contributed by atoms with Crippen LogP contribution in [0.25, 0.3) is 0 Å². The van der Waals surface area contributed by atoms with Gasteiger partial charge in [-0.2, -0.15) is 0 Å². The van der Waals surface area contributed by atoms with Gasteiger partial charge in [-0.1, -0.05) is 19.1 Å². The summed E-state index contributed by atoms with van der Waals surface area (Å²) < 4.78 is 22.3. The van der Waals surface area contributed by atoms with Crippen LogP contribution in [0.3, 0.4) is 0 Å². The largest absolute Gasteiger partial charge is 0.497 e. The van der Waals surface area contributed by atoms with Crippen molar-refractivity contribution in [1.29, 1.82) is 0 Å². The Labute approximate surface area is 165 Å². The Morgan fingerprint density at radius 1 is 1.07 bits per heavy atom. The molecule has 0 amide bonds. The Morgan fingerprint density at radius 2 is 1.75 bits per heavy atom. The van der Waals surface area contributed by atoms with Gasteiger partial charge in [-0.3, -0.25) is 9.59 Å². The Hall–Kier alpha value is -1.92. The Morgan fingerprint density at radius 3 is 2.36 bits per heavy atom. The molecular formula is C22H28O6. The zero-order valence-electron chi connectivity index (χ0n) is 16.7. The Balaban J connectivity index is 1.79. The average molecular weight is 388 g/mol. The summed E-state index contributed by atoms with van der Waals surface area (Å²) in [7, 11) is 2.97. The van der Waals surface area contributed by atoms with Crippen LogP contribution >= 0.6 is 0 Å². The zero-order valence-corrected chi connectivity index (χ0v) is 16.7. The number of esters is 1. The monoisotopic (exact) mass is 388 g/mol. The van der Waals surface area contributed by atoms with Gasteiger partial charge in [0.2, 0.25) is 0 Å². The minimum atomic E-state index is -0.733. The number of ketones is 1. The van der Waals surface area contributed by atoms with Gasteiger partial charge in [-0.25, -0.2) is 0 Å². The van der Waals surface area contributed by atoms with Gasteiger partial charge >= 0.3 is 5.97 Å². The van der Waals surface area contributed by atoms with E-state index >= 15 is 0 Å². The summed E-state index contributed by atoms with van der Waals surface area (Å²) in [5.74, 6) is -0.950. The van der Waals surface area contributed by atoms with Crippen LogP contribution in [0, 0.1) is 17.8 Å². The molecule has 1 unspecified atom stereocenters. The van der Waals surface area contributed by atoms with Gasteiger partial charge < -0.3 is 18.9 Å². The zero-order chi connectivity index (χ0) is 19.9. The SMILES string of the molecule is COC(=O)C1CC[C@H]2[C@H](C)C3(CC[C@]2(c2ccc(OC)cc2)C1=O)OCCO3. The number of hydrogen-bond donors (Lipinski definition) is 0. The highest BCUT2D eigenvalue weighted by Gasteiger charge is 2.63. The molecule has 0 radical (unpaired) electrons. The molecule has 6 heteroatoms. The molecule has 2 saturated carbocycles. The van der Waals surface area contributed by atoms with Crippen LogP contribution in [0.2, 0.25) is 0 Å². The fourth-order valence-electron chi connectivity index (χ4n) is 5.74. The molecule has 6 nitrogen and oxygen atoms in total. The second kappa shape index (κ2) is 7.16. The first kappa shape index (κ1) is 19.4. The number of rotatable bonds is 3. The van der Waals surface area contributed by atoms with Crippen LogP contribution in [-0.2, 0) is 29.2 Å². The summed E-state index contributed by atoms with van der Waals surface area (Å²) in [6, 6.07) is 7.69. The quantitative estimate of drug-likeness (QED) is 0.586. The van der Waals surface area contributed by atoms with Crippen LogP contribution < -0.4 is 4.74 Å². The Bertz CT molecular complexity index is 751. The molecule has 2 aliphatic carbocycles. The van der Waals surface area contributed by atoms with Crippen molar-refractivity contribution < 1.29 is 28.5 Å². The number of Topliss-reactive ketones (excluding diaryl/α,β-unsaturated/α-hetero) is 1. The highest BCUT2D eigenvalue weighted by atomic mass is 16.7. The molecule has 28 heavy (non-hydrogen) atoms. The van der Waals surface area contributed by atoms with Gasteiger partial charge in [0.05, 0.1) is 32.8 Å². The lowest BCUT2D eigenvalue weighted by atomic mass is 9.50. The first-order valence-electron chi connectivity index (χ1n) is 10.0. The van der Waals surface area contributed by atoms with Crippen LogP contribution in [-0.4, -0.2) is 45.0 Å². The van der Waals surface area contributed by atoms with E-state index < -0.39 is 23.1 Å². The van der Waals surface area contributed by atoms with E-state index in [0.717, 1.165) is 17.7 Å². The van der Waals surface area contributed by atoms with Gasteiger partial charge in [0.1, 0.15) is 11.7 Å². The molecule has 3 fully saturated rings. The van der Waals surface area contributed by atoms with Crippen molar-refractivity contribution in [2.75, 3.05) is 27.4 Å². The first-order valence-corrected chi connectivity index (χ1v) is 10.0. The van der Waals surface area contributed by atoms with E-state index in [1.165, 1.54) is 7.11 Å². The maximum Gasteiger partial charge on any atom is 0.316 e. The minimum absolute atomic E-state index is 0.0273. The summed E-state index contributed by atoms with van der Waals surface area (Å²) in [5.41, 5.74) is 0.209. The smallest absolute Gasteiger partial charge is 0.316 e. The predicted octanol–water partition coefficient (Wildman–Crippen LogP) is 2.87. The van der Waals surface area contributed by atoms with Gasteiger partial charge in [0.25, 0.3) is 0 Å². The van der Waals surface area contributed by atoms with Crippen molar-refractivity contribution in [1.82, 2.24) is 0 Å². The predicted molar refractivity (Wildman–Crippen MR) is 101 cm³/mol. The van der Waals surface area contributed by atoms with Crippen molar-refractivity contribution in [3.63, 3.8) is 0 Å². The minimum Gasteiger partial charge on any atom is -0.497 e. The topological polar surface area (TPSA) is 71.1 Å². The van der Waals surface area contributed by atoms with Crippen LogP contribution in [0.1, 0.15) is 38.2 Å². The van der Waals surface area contributed by atoms with E-state index in [-0.39, 0.29) is 17.6 Å². The van der Waals surface area contributed by atoms with Crippen molar-refractivity contribution >= 4 is 11.8 Å². The molecule has 1 aromatic rings. The molecule has 1 aromatic carbocycles. The van der Waals surface area contributed by atoms with E-state index in [4.69, 9.17) is 18.9 Å². The third kappa shape index (κ3) is 2.69. The molecule has 4 rings (SSSR count). The summed E-state index contributed by atoms with van der Waals surface area (Å²) in [6.45, 7) is 3.30. The lowest BCUT2D eigenvalue weighted by molar-refractivity contribution is -0.236. The summed E-state index contributed by atoms with van der Waals surface area (Å²) in [5, 5.41) is 0. The maximum atomic E-state index is 13.8. The second-order valence-corrected chi connectivity index (χ2v) is 8.12. The van der Waals surface area contributed by atoms with Gasteiger partial charge in [-0.05, 0) is 42.9 Å². The van der Waals surface area contributed by atoms with Crippen LogP contribution in [0.4, 0.5) is 0 Å². The molecule has 1 heterocycles. The van der Waals surface area contributed by atoms with Crippen LogP contribution in [0.5, 0.6) is 5.75 Å². The number of benzene rings is 1. The summed E-state index contributed by atoms with van der Waals surface area (Å²) >= 11 is 0. The number of fused-ring (bicyclic) bond motifs is 1. The molecule has 1 saturated heterocycles. The molecule has 4 atom stereocenters. The average Bonchev–Trinajstić information content (AvgIpc) is 3.21. The highest BCUT2D eigenvalue weighted by molar-refractivity contribution is 6.05. The van der Waals surface area contributed by atoms with Gasteiger partial charge in [0, 0.05) is 12.3 Å². The third-order valence-electron chi connectivity index (χ3n) is 7.19. The highest BCUT2D eigenvalue weighted by Crippen LogP contribution is 2.58. The van der Waals surface area contributed by atoms with Crippen LogP contribution in [0.15, 0.2) is 24.3 Å². The number of carbonyl (C=O) groups is 2. The normalized spacial score (nSPS) is 34.1. The fourth-order valence-corrected chi connectivity index (χ4v) is 5.74. The second-order valence-electron chi connectivity index (χ2n) is 8.12. The van der Waals surface area contributed by atoms with E-state index in [1.807, 2.05) is 24.3 Å². The molecule has 1 aliphatic heterocycles. The fraction of sp³-hybridized carbons (Fsp3) is 0.636. The Kier molecular flexibility index (Phi) is 4.96. The van der Waals surface area contributed by atoms with Crippen molar-refractivity contribution in [3.8, 4) is 5.75 Å². The molecule has 1 spiro atoms. The maximum absolute atomic E-state index is 13.8. The number of hydrogen-bond acceptors (Lipinski definition) is 6. The van der Waals surface area contributed by atoms with Gasteiger partial charge in [-0.15, -0.1) is 0 Å². The van der Waals surface area contributed by atoms with E-state index in [2.05, 4.69) is 6.92 Å². The molecule has 152 valence electrons.